The van der Waals surface area contributed by atoms with Crippen LogP contribution in [0.2, 0.25) is 0 Å². The van der Waals surface area contributed by atoms with Crippen LogP contribution in [0, 0.1) is 0 Å². The highest BCUT2D eigenvalue weighted by Crippen LogP contribution is 2.33. The number of rotatable bonds is 3. The lowest BCUT2D eigenvalue weighted by Gasteiger charge is -2.17. The zero-order valence-corrected chi connectivity index (χ0v) is 10.9. The van der Waals surface area contributed by atoms with Crippen LogP contribution in [0.15, 0.2) is 41.2 Å². The van der Waals surface area contributed by atoms with Crippen LogP contribution < -0.4 is 14.8 Å². The van der Waals surface area contributed by atoms with Crippen molar-refractivity contribution in [2.24, 2.45) is 0 Å². The highest BCUT2D eigenvalue weighted by Gasteiger charge is 2.17. The Balaban J connectivity index is 1.94. The molecule has 0 bridgehead atoms. The molecule has 2 aromatic rings. The van der Waals surface area contributed by atoms with Crippen LogP contribution in [0.25, 0.3) is 0 Å². The summed E-state index contributed by atoms with van der Waals surface area (Å²) >= 11 is 0. The minimum absolute atomic E-state index is 0.0934. The lowest BCUT2D eigenvalue weighted by atomic mass is 10.0. The van der Waals surface area contributed by atoms with E-state index in [0.717, 1.165) is 29.0 Å². The van der Waals surface area contributed by atoms with Crippen LogP contribution in [-0.4, -0.2) is 20.3 Å². The molecule has 4 heteroatoms. The van der Waals surface area contributed by atoms with E-state index < -0.39 is 0 Å². The topological polar surface area (TPSA) is 43.6 Å². The summed E-state index contributed by atoms with van der Waals surface area (Å²) in [6.45, 7) is 1.41. The molecule has 0 aliphatic carbocycles. The van der Waals surface area contributed by atoms with E-state index in [4.69, 9.17) is 13.9 Å². The molecule has 0 fully saturated rings. The second kappa shape index (κ2) is 5.36. The molecular formula is C15H17NO3. The molecule has 0 radical (unpaired) electrons. The summed E-state index contributed by atoms with van der Waals surface area (Å²) in [6.07, 6.45) is 4.36. The maximum atomic E-state index is 5.72. The second-order valence-electron chi connectivity index (χ2n) is 4.54. The molecule has 0 spiro atoms. The van der Waals surface area contributed by atoms with Crippen LogP contribution in [0.4, 0.5) is 0 Å². The Morgan fingerprint density at radius 1 is 1.05 bits per heavy atom. The Labute approximate surface area is 112 Å². The van der Waals surface area contributed by atoms with Crippen molar-refractivity contribution in [1.29, 1.82) is 0 Å². The largest absolute Gasteiger partial charge is 0.490 e. The molecule has 100 valence electrons. The molecule has 3 rings (SSSR count). The molecule has 1 N–H and O–H groups in total. The monoisotopic (exact) mass is 259 g/mol. The molecule has 1 aromatic heterocycles. The first-order valence-corrected chi connectivity index (χ1v) is 6.47. The molecule has 0 saturated heterocycles. The molecule has 0 amide bonds. The maximum absolute atomic E-state index is 5.72. The van der Waals surface area contributed by atoms with Crippen molar-refractivity contribution in [2.45, 2.75) is 12.5 Å². The molecule has 1 aromatic carbocycles. The van der Waals surface area contributed by atoms with Gasteiger partial charge in [0.15, 0.2) is 11.5 Å². The van der Waals surface area contributed by atoms with Crippen LogP contribution in [0.5, 0.6) is 11.5 Å². The van der Waals surface area contributed by atoms with Gasteiger partial charge in [0.1, 0.15) is 0 Å². The molecule has 4 nitrogen and oxygen atoms in total. The van der Waals surface area contributed by atoms with E-state index in [1.807, 2.05) is 25.2 Å². The SMILES string of the molecule is CNC(c1ccoc1)c1ccc2c(c1)OCCCO2. The molecule has 19 heavy (non-hydrogen) atoms. The Morgan fingerprint density at radius 2 is 1.89 bits per heavy atom. The van der Waals surface area contributed by atoms with E-state index in [0.29, 0.717) is 13.2 Å². The highest BCUT2D eigenvalue weighted by molar-refractivity contribution is 5.46. The standard InChI is InChI=1S/C15H17NO3/c1-16-15(12-5-8-17-10-12)11-3-4-13-14(9-11)19-7-2-6-18-13/h3-5,8-10,15-16H,2,6-7H2,1H3. The van der Waals surface area contributed by atoms with E-state index in [2.05, 4.69) is 11.4 Å². The van der Waals surface area contributed by atoms with Gasteiger partial charge in [-0.2, -0.15) is 0 Å². The Morgan fingerprint density at radius 3 is 2.63 bits per heavy atom. The zero-order chi connectivity index (χ0) is 13.1. The van der Waals surface area contributed by atoms with Crippen LogP contribution in [0.1, 0.15) is 23.6 Å². The number of hydrogen-bond acceptors (Lipinski definition) is 4. The van der Waals surface area contributed by atoms with Gasteiger partial charge in [-0.1, -0.05) is 6.07 Å². The third-order valence-corrected chi connectivity index (χ3v) is 3.27. The fourth-order valence-corrected chi connectivity index (χ4v) is 2.32. The molecule has 1 aliphatic heterocycles. The first-order chi connectivity index (χ1) is 9.38. The van der Waals surface area contributed by atoms with Gasteiger partial charge in [-0.3, -0.25) is 0 Å². The fourth-order valence-electron chi connectivity index (χ4n) is 2.32. The van der Waals surface area contributed by atoms with E-state index in [1.165, 1.54) is 0 Å². The molecule has 1 aliphatic rings. The number of ether oxygens (including phenoxy) is 2. The van der Waals surface area contributed by atoms with Crippen molar-refractivity contribution in [2.75, 3.05) is 20.3 Å². The van der Waals surface area contributed by atoms with Crippen molar-refractivity contribution in [3.8, 4) is 11.5 Å². The first-order valence-electron chi connectivity index (χ1n) is 6.47. The number of hydrogen-bond donors (Lipinski definition) is 1. The number of benzene rings is 1. The van der Waals surface area contributed by atoms with Gasteiger partial charge in [-0.05, 0) is 30.8 Å². The van der Waals surface area contributed by atoms with Gasteiger partial charge < -0.3 is 19.2 Å². The normalized spacial score (nSPS) is 15.8. The van der Waals surface area contributed by atoms with E-state index in [1.54, 1.807) is 12.5 Å². The second-order valence-corrected chi connectivity index (χ2v) is 4.54. The van der Waals surface area contributed by atoms with Gasteiger partial charge in [0, 0.05) is 12.0 Å². The van der Waals surface area contributed by atoms with Crippen molar-refractivity contribution < 1.29 is 13.9 Å². The molecule has 1 atom stereocenters. The summed E-state index contributed by atoms with van der Waals surface area (Å²) in [5, 5.41) is 3.29. The van der Waals surface area contributed by atoms with Crippen LogP contribution in [-0.2, 0) is 0 Å². The van der Waals surface area contributed by atoms with Crippen molar-refractivity contribution in [3.63, 3.8) is 0 Å². The molecule has 1 unspecified atom stereocenters. The van der Waals surface area contributed by atoms with Crippen LogP contribution >= 0.6 is 0 Å². The van der Waals surface area contributed by atoms with E-state index in [-0.39, 0.29) is 6.04 Å². The summed E-state index contributed by atoms with van der Waals surface area (Å²) in [4.78, 5) is 0. The van der Waals surface area contributed by atoms with Gasteiger partial charge in [0.2, 0.25) is 0 Å². The smallest absolute Gasteiger partial charge is 0.161 e. The van der Waals surface area contributed by atoms with Gasteiger partial charge in [-0.25, -0.2) is 0 Å². The number of fused-ring (bicyclic) bond motifs is 1. The third-order valence-electron chi connectivity index (χ3n) is 3.27. The van der Waals surface area contributed by atoms with Crippen molar-refractivity contribution in [3.05, 3.63) is 47.9 Å². The van der Waals surface area contributed by atoms with Gasteiger partial charge in [0.05, 0.1) is 31.8 Å². The summed E-state index contributed by atoms with van der Waals surface area (Å²) in [6, 6.07) is 8.12. The van der Waals surface area contributed by atoms with Gasteiger partial charge in [0.25, 0.3) is 0 Å². The fraction of sp³-hybridized carbons (Fsp3) is 0.333. The summed E-state index contributed by atoms with van der Waals surface area (Å²) < 4.78 is 16.5. The highest BCUT2D eigenvalue weighted by atomic mass is 16.5. The molecule has 0 saturated carbocycles. The molecule has 2 heterocycles. The summed E-state index contributed by atoms with van der Waals surface area (Å²) in [5.41, 5.74) is 2.23. The minimum Gasteiger partial charge on any atom is -0.490 e. The maximum Gasteiger partial charge on any atom is 0.161 e. The van der Waals surface area contributed by atoms with E-state index in [9.17, 15) is 0 Å². The minimum atomic E-state index is 0.0934. The predicted octanol–water partition coefficient (Wildman–Crippen LogP) is 2.75. The average Bonchev–Trinajstić information content (AvgIpc) is 2.85. The van der Waals surface area contributed by atoms with Gasteiger partial charge >= 0.3 is 0 Å². The number of furan rings is 1. The zero-order valence-electron chi connectivity index (χ0n) is 10.9. The van der Waals surface area contributed by atoms with Crippen molar-refractivity contribution in [1.82, 2.24) is 5.32 Å². The molecular weight excluding hydrogens is 242 g/mol. The first kappa shape index (κ1) is 12.1. The number of nitrogens with one attached hydrogen (secondary N) is 1. The Kier molecular flexibility index (Phi) is 3.42. The lowest BCUT2D eigenvalue weighted by molar-refractivity contribution is 0.297. The Hall–Kier alpha value is -1.94. The predicted molar refractivity (Wildman–Crippen MR) is 71.7 cm³/mol. The van der Waals surface area contributed by atoms with Crippen molar-refractivity contribution >= 4 is 0 Å². The van der Waals surface area contributed by atoms with Crippen LogP contribution in [0.3, 0.4) is 0 Å². The Bertz CT molecular complexity index is 536. The average molecular weight is 259 g/mol. The lowest BCUT2D eigenvalue weighted by Crippen LogP contribution is -2.17. The summed E-state index contributed by atoms with van der Waals surface area (Å²) in [7, 11) is 1.93. The van der Waals surface area contributed by atoms with E-state index >= 15 is 0 Å². The quantitative estimate of drug-likeness (QED) is 0.920. The third kappa shape index (κ3) is 2.44. The summed E-state index contributed by atoms with van der Waals surface area (Å²) in [5.74, 6) is 1.64. The van der Waals surface area contributed by atoms with Gasteiger partial charge in [-0.15, -0.1) is 0 Å².